The molecule has 0 spiro atoms. The standard InChI is InChI=1S/C16H15I2O6P/c1-9(19)10-6-12(17)16(13(18)7-10)23-11-4-5-14(22-2)15(8-11)24-25(3,20)21/h4-8,20-21H,3H2,1-2H3. The minimum atomic E-state index is -3.74. The topological polar surface area (TPSA) is 85.2 Å². The molecule has 6 nitrogen and oxygen atoms in total. The van der Waals surface area contributed by atoms with E-state index in [1.54, 1.807) is 24.3 Å². The third-order valence-corrected chi connectivity index (χ3v) is 5.10. The van der Waals surface area contributed by atoms with Crippen LogP contribution >= 0.6 is 52.7 Å². The Kier molecular flexibility index (Phi) is 6.77. The van der Waals surface area contributed by atoms with E-state index in [9.17, 15) is 14.6 Å². The fourth-order valence-electron chi connectivity index (χ4n) is 1.93. The number of carbonyl (C=O) groups is 1. The van der Waals surface area contributed by atoms with Crippen molar-refractivity contribution < 1.29 is 28.6 Å². The Morgan fingerprint density at radius 3 is 2.20 bits per heavy atom. The third-order valence-electron chi connectivity index (χ3n) is 3.00. The van der Waals surface area contributed by atoms with E-state index in [4.69, 9.17) is 14.0 Å². The highest BCUT2D eigenvalue weighted by Gasteiger charge is 2.16. The average Bonchev–Trinajstić information content (AvgIpc) is 2.49. The van der Waals surface area contributed by atoms with E-state index in [0.29, 0.717) is 22.8 Å². The number of rotatable bonds is 6. The molecule has 25 heavy (non-hydrogen) atoms. The Bertz CT molecular complexity index is 839. The Labute approximate surface area is 172 Å². The number of Topliss-reactive ketones (excluding diaryl/α,β-unsaturated/α-hetero) is 1. The summed E-state index contributed by atoms with van der Waals surface area (Å²) in [6, 6.07) is 8.22. The predicted octanol–water partition coefficient (Wildman–Crippen LogP) is 4.46. The SMILES string of the molecule is C=P(O)(O)Oc1cc(Oc2c(I)cc(C(C)=O)cc2I)ccc1OC. The molecule has 0 bridgehead atoms. The lowest BCUT2D eigenvalue weighted by atomic mass is 10.1. The molecule has 0 fully saturated rings. The summed E-state index contributed by atoms with van der Waals surface area (Å²) >= 11 is 4.19. The zero-order chi connectivity index (χ0) is 18.8. The average molecular weight is 588 g/mol. The minimum absolute atomic E-state index is 0.0239. The van der Waals surface area contributed by atoms with Crippen LogP contribution in [-0.2, 0) is 0 Å². The van der Waals surface area contributed by atoms with Gasteiger partial charge < -0.3 is 23.8 Å². The second-order valence-corrected chi connectivity index (χ2v) is 8.83. The van der Waals surface area contributed by atoms with Crippen LogP contribution in [0.3, 0.4) is 0 Å². The quantitative estimate of drug-likeness (QED) is 0.295. The number of halogens is 2. The van der Waals surface area contributed by atoms with Crippen LogP contribution in [0.5, 0.6) is 23.0 Å². The summed E-state index contributed by atoms with van der Waals surface area (Å²) in [5, 5.41) is 0. The van der Waals surface area contributed by atoms with Crippen LogP contribution in [0, 0.1) is 7.14 Å². The maximum Gasteiger partial charge on any atom is 0.297 e. The highest BCUT2D eigenvalue weighted by molar-refractivity contribution is 14.1. The monoisotopic (exact) mass is 588 g/mol. The van der Waals surface area contributed by atoms with Crippen molar-refractivity contribution in [2.75, 3.05) is 7.11 Å². The number of ether oxygens (including phenoxy) is 2. The maximum absolute atomic E-state index is 11.5. The van der Waals surface area contributed by atoms with Crippen LogP contribution in [-0.4, -0.2) is 29.0 Å². The largest absolute Gasteiger partial charge is 0.493 e. The predicted molar refractivity (Wildman–Crippen MR) is 114 cm³/mol. The molecule has 9 heteroatoms. The molecule has 134 valence electrons. The minimum Gasteiger partial charge on any atom is -0.493 e. The zero-order valence-corrected chi connectivity index (χ0v) is 18.5. The number of carbonyl (C=O) groups excluding carboxylic acids is 1. The van der Waals surface area contributed by atoms with Crippen LogP contribution in [0.2, 0.25) is 0 Å². The van der Waals surface area contributed by atoms with Crippen molar-refractivity contribution in [1.29, 1.82) is 0 Å². The number of benzene rings is 2. The fraction of sp³-hybridized carbons (Fsp3) is 0.125. The Hall–Kier alpha value is -0.810. The molecule has 2 aromatic rings. The Balaban J connectivity index is 2.39. The summed E-state index contributed by atoms with van der Waals surface area (Å²) in [5.41, 5.74) is 0.604. The molecular weight excluding hydrogens is 573 g/mol. The Morgan fingerprint density at radius 1 is 1.12 bits per heavy atom. The maximum atomic E-state index is 11.5. The first-order chi connectivity index (χ1) is 11.6. The van der Waals surface area contributed by atoms with Crippen LogP contribution < -0.4 is 14.0 Å². The molecule has 2 aromatic carbocycles. The van der Waals surface area contributed by atoms with Gasteiger partial charge >= 0.3 is 0 Å². The lowest BCUT2D eigenvalue weighted by molar-refractivity contribution is 0.101. The van der Waals surface area contributed by atoms with Crippen molar-refractivity contribution in [2.24, 2.45) is 0 Å². The highest BCUT2D eigenvalue weighted by Crippen LogP contribution is 2.44. The molecule has 0 aliphatic carbocycles. The zero-order valence-electron chi connectivity index (χ0n) is 13.3. The molecule has 0 aromatic heterocycles. The number of hydrogen-bond acceptors (Lipinski definition) is 6. The fourth-order valence-corrected chi connectivity index (χ4v) is 4.37. The van der Waals surface area contributed by atoms with E-state index in [-0.39, 0.29) is 11.5 Å². The molecular formula is C16H15I2O6P. The van der Waals surface area contributed by atoms with Gasteiger partial charge in [-0.1, -0.05) is 0 Å². The van der Waals surface area contributed by atoms with E-state index < -0.39 is 7.57 Å². The molecule has 2 rings (SSSR count). The number of ketones is 1. The van der Waals surface area contributed by atoms with Crippen molar-refractivity contribution >= 4 is 64.8 Å². The van der Waals surface area contributed by atoms with Gasteiger partial charge in [-0.15, -0.1) is 0 Å². The molecule has 0 aliphatic rings. The van der Waals surface area contributed by atoms with Crippen molar-refractivity contribution in [2.45, 2.75) is 6.92 Å². The lowest BCUT2D eigenvalue weighted by Gasteiger charge is -2.17. The molecule has 0 atom stereocenters. The van der Waals surface area contributed by atoms with Crippen LogP contribution in [0.1, 0.15) is 17.3 Å². The molecule has 0 amide bonds. The summed E-state index contributed by atoms with van der Waals surface area (Å²) in [4.78, 5) is 30.4. The molecule has 2 N–H and O–H groups in total. The van der Waals surface area contributed by atoms with Gasteiger partial charge in [-0.05, 0) is 82.7 Å². The first kappa shape index (κ1) is 20.5. The van der Waals surface area contributed by atoms with Gasteiger partial charge in [0, 0.05) is 11.6 Å². The second kappa shape index (κ2) is 8.26. The first-order valence-corrected chi connectivity index (χ1v) is 10.8. The van der Waals surface area contributed by atoms with E-state index in [0.717, 1.165) is 7.14 Å². The van der Waals surface area contributed by atoms with Gasteiger partial charge in [0.15, 0.2) is 23.0 Å². The van der Waals surface area contributed by atoms with E-state index in [1.807, 2.05) is 0 Å². The summed E-state index contributed by atoms with van der Waals surface area (Å²) < 4.78 is 17.6. The van der Waals surface area contributed by atoms with Gasteiger partial charge in [-0.2, -0.15) is 0 Å². The van der Waals surface area contributed by atoms with Crippen molar-refractivity contribution in [3.05, 3.63) is 43.0 Å². The van der Waals surface area contributed by atoms with Gasteiger partial charge in [0.2, 0.25) is 0 Å². The molecule has 0 saturated carbocycles. The van der Waals surface area contributed by atoms with Gasteiger partial charge in [0.25, 0.3) is 7.57 Å². The third kappa shape index (κ3) is 5.58. The van der Waals surface area contributed by atoms with Crippen LogP contribution in [0.15, 0.2) is 30.3 Å². The van der Waals surface area contributed by atoms with Crippen LogP contribution in [0.4, 0.5) is 0 Å². The summed E-state index contributed by atoms with van der Waals surface area (Å²) in [6.45, 7) is 1.51. The molecule has 0 aliphatic heterocycles. The van der Waals surface area contributed by atoms with Gasteiger partial charge in [-0.3, -0.25) is 4.79 Å². The molecule has 0 unspecified atom stereocenters. The summed E-state index contributed by atoms with van der Waals surface area (Å²) in [6.07, 6.45) is 3.18. The van der Waals surface area contributed by atoms with Gasteiger partial charge in [0.1, 0.15) is 5.75 Å². The first-order valence-electron chi connectivity index (χ1n) is 6.85. The molecule has 0 radical (unpaired) electrons. The summed E-state index contributed by atoms with van der Waals surface area (Å²) in [7, 11) is -2.31. The smallest absolute Gasteiger partial charge is 0.297 e. The van der Waals surface area contributed by atoms with Crippen molar-refractivity contribution in [3.8, 4) is 23.0 Å². The Morgan fingerprint density at radius 2 is 1.72 bits per heavy atom. The van der Waals surface area contributed by atoms with E-state index in [2.05, 4.69) is 51.5 Å². The molecule has 0 saturated heterocycles. The van der Waals surface area contributed by atoms with Crippen LogP contribution in [0.25, 0.3) is 0 Å². The van der Waals surface area contributed by atoms with Gasteiger partial charge in [-0.25, -0.2) is 0 Å². The van der Waals surface area contributed by atoms with E-state index in [1.165, 1.54) is 20.1 Å². The molecule has 0 heterocycles. The summed E-state index contributed by atoms with van der Waals surface area (Å²) in [5.74, 6) is 1.41. The van der Waals surface area contributed by atoms with Gasteiger partial charge in [0.05, 0.1) is 14.3 Å². The lowest BCUT2D eigenvalue weighted by Crippen LogP contribution is -1.99. The number of methoxy groups -OCH3 is 1. The van der Waals surface area contributed by atoms with E-state index >= 15 is 0 Å². The number of hydrogen-bond donors (Lipinski definition) is 2. The highest BCUT2D eigenvalue weighted by atomic mass is 127. The van der Waals surface area contributed by atoms with Crippen molar-refractivity contribution in [1.82, 2.24) is 0 Å². The normalized spacial score (nSPS) is 11.1. The second-order valence-electron chi connectivity index (χ2n) is 5.00. The van der Waals surface area contributed by atoms with Crippen molar-refractivity contribution in [3.63, 3.8) is 0 Å².